The molecule has 94 valence electrons. The summed E-state index contributed by atoms with van der Waals surface area (Å²) in [7, 11) is 0. The fourth-order valence-electron chi connectivity index (χ4n) is 2.47. The molecule has 1 saturated heterocycles. The van der Waals surface area contributed by atoms with Crippen LogP contribution in [0.25, 0.3) is 11.3 Å². The Bertz CT molecular complexity index is 624. The van der Waals surface area contributed by atoms with E-state index in [0.717, 1.165) is 30.2 Å². The Morgan fingerprint density at radius 2 is 1.79 bits per heavy atom. The van der Waals surface area contributed by atoms with Crippen LogP contribution in [0.1, 0.15) is 18.4 Å². The van der Waals surface area contributed by atoms with E-state index in [0.29, 0.717) is 5.56 Å². The first-order valence-electron chi connectivity index (χ1n) is 6.45. The van der Waals surface area contributed by atoms with E-state index in [4.69, 9.17) is 0 Å². The molecule has 1 aromatic heterocycles. The molecule has 0 N–H and O–H groups in total. The minimum Gasteiger partial charge on any atom is -0.355 e. The zero-order valence-corrected chi connectivity index (χ0v) is 10.6. The van der Waals surface area contributed by atoms with Gasteiger partial charge in [-0.05, 0) is 18.9 Å². The van der Waals surface area contributed by atoms with Crippen molar-refractivity contribution in [2.45, 2.75) is 12.8 Å². The standard InChI is InChI=1S/C15H14N4/c16-11-12-5-1-2-6-13(12)14-15(18-8-7-17-14)19-9-3-4-10-19/h1-2,5-8H,3-4,9-10H2. The number of anilines is 1. The zero-order chi connectivity index (χ0) is 13.1. The van der Waals surface area contributed by atoms with Crippen molar-refractivity contribution >= 4 is 5.82 Å². The predicted octanol–water partition coefficient (Wildman–Crippen LogP) is 2.62. The molecule has 0 unspecified atom stereocenters. The van der Waals surface area contributed by atoms with Gasteiger partial charge in [0.15, 0.2) is 5.82 Å². The molecule has 2 aromatic rings. The number of rotatable bonds is 2. The van der Waals surface area contributed by atoms with Crippen molar-refractivity contribution in [1.82, 2.24) is 9.97 Å². The quantitative estimate of drug-likeness (QED) is 0.822. The van der Waals surface area contributed by atoms with Crippen LogP contribution in [0.2, 0.25) is 0 Å². The highest BCUT2D eigenvalue weighted by Gasteiger charge is 2.19. The topological polar surface area (TPSA) is 52.8 Å². The van der Waals surface area contributed by atoms with Gasteiger partial charge in [0.2, 0.25) is 0 Å². The van der Waals surface area contributed by atoms with Crippen LogP contribution in [-0.4, -0.2) is 23.1 Å². The Balaban J connectivity index is 2.12. The van der Waals surface area contributed by atoms with E-state index in [1.54, 1.807) is 12.4 Å². The van der Waals surface area contributed by atoms with Crippen molar-refractivity contribution in [1.29, 1.82) is 5.26 Å². The second-order valence-corrected chi connectivity index (χ2v) is 4.58. The van der Waals surface area contributed by atoms with Crippen molar-refractivity contribution in [3.05, 3.63) is 42.2 Å². The highest BCUT2D eigenvalue weighted by Crippen LogP contribution is 2.30. The highest BCUT2D eigenvalue weighted by atomic mass is 15.2. The number of aromatic nitrogens is 2. The van der Waals surface area contributed by atoms with Crippen LogP contribution in [0.4, 0.5) is 5.82 Å². The molecule has 1 fully saturated rings. The first-order chi connectivity index (χ1) is 9.40. The van der Waals surface area contributed by atoms with Crippen molar-refractivity contribution in [3.63, 3.8) is 0 Å². The summed E-state index contributed by atoms with van der Waals surface area (Å²) in [6.07, 6.45) is 5.78. The van der Waals surface area contributed by atoms with E-state index < -0.39 is 0 Å². The van der Waals surface area contributed by atoms with Gasteiger partial charge in [0.1, 0.15) is 5.69 Å². The fourth-order valence-corrected chi connectivity index (χ4v) is 2.47. The fraction of sp³-hybridized carbons (Fsp3) is 0.267. The molecule has 2 heterocycles. The van der Waals surface area contributed by atoms with Crippen LogP contribution >= 0.6 is 0 Å². The van der Waals surface area contributed by atoms with Crippen LogP contribution < -0.4 is 4.90 Å². The van der Waals surface area contributed by atoms with E-state index in [9.17, 15) is 5.26 Å². The summed E-state index contributed by atoms with van der Waals surface area (Å²) in [5.41, 5.74) is 2.31. The highest BCUT2D eigenvalue weighted by molar-refractivity contribution is 5.76. The molecule has 1 aliphatic rings. The van der Waals surface area contributed by atoms with E-state index in [-0.39, 0.29) is 0 Å². The minimum absolute atomic E-state index is 0.642. The van der Waals surface area contributed by atoms with Crippen LogP contribution in [0.15, 0.2) is 36.7 Å². The first-order valence-corrected chi connectivity index (χ1v) is 6.45. The van der Waals surface area contributed by atoms with Gasteiger partial charge in [-0.2, -0.15) is 5.26 Å². The average Bonchev–Trinajstić information content (AvgIpc) is 3.01. The second kappa shape index (κ2) is 5.07. The van der Waals surface area contributed by atoms with Gasteiger partial charge in [0, 0.05) is 31.0 Å². The molecular weight excluding hydrogens is 236 g/mol. The number of nitriles is 1. The lowest BCUT2D eigenvalue weighted by Crippen LogP contribution is -2.20. The Morgan fingerprint density at radius 3 is 2.58 bits per heavy atom. The maximum Gasteiger partial charge on any atom is 0.155 e. The zero-order valence-electron chi connectivity index (χ0n) is 10.6. The molecule has 0 amide bonds. The van der Waals surface area contributed by atoms with E-state index >= 15 is 0 Å². The molecule has 19 heavy (non-hydrogen) atoms. The van der Waals surface area contributed by atoms with Crippen LogP contribution in [0, 0.1) is 11.3 Å². The smallest absolute Gasteiger partial charge is 0.155 e. The molecule has 1 aliphatic heterocycles. The average molecular weight is 250 g/mol. The van der Waals surface area contributed by atoms with Gasteiger partial charge in [-0.3, -0.25) is 4.98 Å². The monoisotopic (exact) mass is 250 g/mol. The summed E-state index contributed by atoms with van der Waals surface area (Å²) >= 11 is 0. The Labute approximate surface area is 112 Å². The minimum atomic E-state index is 0.642. The molecule has 1 aromatic carbocycles. The number of hydrogen-bond donors (Lipinski definition) is 0. The van der Waals surface area contributed by atoms with Crippen molar-refractivity contribution in [2.24, 2.45) is 0 Å². The van der Waals surface area contributed by atoms with Crippen molar-refractivity contribution < 1.29 is 0 Å². The molecule has 0 atom stereocenters. The molecule has 0 bridgehead atoms. The second-order valence-electron chi connectivity index (χ2n) is 4.58. The van der Waals surface area contributed by atoms with Gasteiger partial charge >= 0.3 is 0 Å². The molecule has 0 spiro atoms. The van der Waals surface area contributed by atoms with Gasteiger partial charge < -0.3 is 4.90 Å². The lowest BCUT2D eigenvalue weighted by molar-refractivity contribution is 0.929. The molecule has 0 aliphatic carbocycles. The summed E-state index contributed by atoms with van der Waals surface area (Å²) in [6, 6.07) is 9.77. The predicted molar refractivity (Wildman–Crippen MR) is 73.6 cm³/mol. The molecular formula is C15H14N4. The van der Waals surface area contributed by atoms with Crippen LogP contribution in [0.3, 0.4) is 0 Å². The third kappa shape index (κ3) is 2.15. The molecule has 0 radical (unpaired) electrons. The van der Waals surface area contributed by atoms with E-state index in [1.807, 2.05) is 24.3 Å². The molecule has 3 rings (SSSR count). The summed E-state index contributed by atoms with van der Waals surface area (Å²) in [5.74, 6) is 0.891. The Morgan fingerprint density at radius 1 is 1.05 bits per heavy atom. The number of benzene rings is 1. The third-order valence-electron chi connectivity index (χ3n) is 3.39. The summed E-state index contributed by atoms with van der Waals surface area (Å²) in [5, 5.41) is 9.22. The van der Waals surface area contributed by atoms with Crippen LogP contribution in [-0.2, 0) is 0 Å². The third-order valence-corrected chi connectivity index (χ3v) is 3.39. The largest absolute Gasteiger partial charge is 0.355 e. The van der Waals surface area contributed by atoms with Gasteiger partial charge in [-0.25, -0.2) is 4.98 Å². The van der Waals surface area contributed by atoms with E-state index in [1.165, 1.54) is 12.8 Å². The SMILES string of the molecule is N#Cc1ccccc1-c1nccnc1N1CCCC1. The molecule has 4 heteroatoms. The van der Waals surface area contributed by atoms with Crippen molar-refractivity contribution in [3.8, 4) is 17.3 Å². The normalized spacial score (nSPS) is 14.4. The number of nitrogens with zero attached hydrogens (tertiary/aromatic N) is 4. The van der Waals surface area contributed by atoms with E-state index in [2.05, 4.69) is 20.9 Å². The lowest BCUT2D eigenvalue weighted by Gasteiger charge is -2.19. The van der Waals surface area contributed by atoms with Gasteiger partial charge in [0.05, 0.1) is 11.6 Å². The van der Waals surface area contributed by atoms with Gasteiger partial charge in [0.25, 0.3) is 0 Å². The molecule has 0 saturated carbocycles. The summed E-state index contributed by atoms with van der Waals surface area (Å²) in [6.45, 7) is 2.03. The molecule has 4 nitrogen and oxygen atoms in total. The summed E-state index contributed by atoms with van der Waals surface area (Å²) in [4.78, 5) is 11.2. The Hall–Kier alpha value is -2.41. The maximum absolute atomic E-state index is 9.22. The Kier molecular flexibility index (Phi) is 3.11. The summed E-state index contributed by atoms with van der Waals surface area (Å²) < 4.78 is 0. The lowest BCUT2D eigenvalue weighted by atomic mass is 10.1. The van der Waals surface area contributed by atoms with Crippen LogP contribution in [0.5, 0.6) is 0 Å². The van der Waals surface area contributed by atoms with Gasteiger partial charge in [-0.15, -0.1) is 0 Å². The number of hydrogen-bond acceptors (Lipinski definition) is 4. The maximum atomic E-state index is 9.22. The van der Waals surface area contributed by atoms with Gasteiger partial charge in [-0.1, -0.05) is 18.2 Å². The van der Waals surface area contributed by atoms with Crippen molar-refractivity contribution in [2.75, 3.05) is 18.0 Å². The first kappa shape index (κ1) is 11.7.